The first-order valence-corrected chi connectivity index (χ1v) is 14.0. The fraction of sp³-hybridized carbons (Fsp3) is 0.355. The minimum absolute atomic E-state index is 0.715. The number of fused-ring (bicyclic) bond motifs is 3. The van der Waals surface area contributed by atoms with Crippen molar-refractivity contribution in [2.45, 2.75) is 38.1 Å². The van der Waals surface area contributed by atoms with Crippen LogP contribution in [0.1, 0.15) is 32.1 Å². The van der Waals surface area contributed by atoms with E-state index in [9.17, 15) is 0 Å². The van der Waals surface area contributed by atoms with Crippen molar-refractivity contribution >= 4 is 27.6 Å². The van der Waals surface area contributed by atoms with Crippen LogP contribution in [0.15, 0.2) is 60.7 Å². The number of methoxy groups -OCH3 is 1. The van der Waals surface area contributed by atoms with E-state index in [1.54, 1.807) is 7.11 Å². The van der Waals surface area contributed by atoms with Crippen molar-refractivity contribution in [2.75, 3.05) is 38.2 Å². The molecule has 3 aromatic carbocycles. The third-order valence-electron chi connectivity index (χ3n) is 8.24. The highest BCUT2D eigenvalue weighted by Crippen LogP contribution is 2.33. The van der Waals surface area contributed by atoms with Crippen LogP contribution in [0.25, 0.3) is 33.5 Å². The zero-order valence-electron chi connectivity index (χ0n) is 22.3. The summed E-state index contributed by atoms with van der Waals surface area (Å²) in [4.78, 5) is 13.3. The van der Waals surface area contributed by atoms with E-state index in [1.807, 2.05) is 42.5 Å². The fourth-order valence-corrected chi connectivity index (χ4v) is 5.74. The average Bonchev–Trinajstić information content (AvgIpc) is 3.59. The van der Waals surface area contributed by atoms with Crippen LogP contribution in [0.5, 0.6) is 17.2 Å². The molecule has 0 bridgehead atoms. The lowest BCUT2D eigenvalue weighted by atomic mass is 9.91. The fourth-order valence-electron chi connectivity index (χ4n) is 5.74. The van der Waals surface area contributed by atoms with Crippen molar-refractivity contribution in [1.29, 1.82) is 0 Å². The number of rotatable bonds is 5. The van der Waals surface area contributed by atoms with Crippen LogP contribution in [0, 0.1) is 0 Å². The van der Waals surface area contributed by atoms with Crippen molar-refractivity contribution in [1.82, 2.24) is 25.1 Å². The first kappa shape index (κ1) is 24.0. The van der Waals surface area contributed by atoms with E-state index in [2.05, 4.69) is 43.2 Å². The van der Waals surface area contributed by atoms with Crippen molar-refractivity contribution in [3.05, 3.63) is 60.7 Å². The second kappa shape index (κ2) is 10.3. The number of H-pyrrole nitrogens is 2. The second-order valence-electron chi connectivity index (χ2n) is 10.7. The summed E-state index contributed by atoms with van der Waals surface area (Å²) in [6, 6.07) is 20.9. The Morgan fingerprint density at radius 2 is 1.62 bits per heavy atom. The van der Waals surface area contributed by atoms with E-state index in [0.717, 1.165) is 64.1 Å². The smallest absolute Gasteiger partial charge is 0.159 e. The van der Waals surface area contributed by atoms with Crippen LogP contribution in [0.3, 0.4) is 0 Å². The van der Waals surface area contributed by atoms with Crippen LogP contribution in [-0.4, -0.2) is 64.4 Å². The van der Waals surface area contributed by atoms with E-state index in [0.29, 0.717) is 5.75 Å². The molecule has 0 saturated carbocycles. The maximum absolute atomic E-state index is 6.07. The van der Waals surface area contributed by atoms with Gasteiger partial charge in [0.25, 0.3) is 0 Å². The number of nitrogens with one attached hydrogen (secondary N) is 2. The van der Waals surface area contributed by atoms with Gasteiger partial charge in [-0.15, -0.1) is 0 Å². The Bertz CT molecular complexity index is 1580. The Hall–Kier alpha value is -4.04. The summed E-state index contributed by atoms with van der Waals surface area (Å²) in [5.41, 5.74) is 4.91. The molecule has 8 rings (SSSR count). The van der Waals surface area contributed by atoms with Crippen LogP contribution in [-0.2, 0) is 0 Å². The molecule has 0 unspecified atom stereocenters. The summed E-state index contributed by atoms with van der Waals surface area (Å²) in [6.07, 6.45) is 6.81. The minimum atomic E-state index is 0.715. The van der Waals surface area contributed by atoms with Gasteiger partial charge in [-0.25, -0.2) is 4.98 Å². The molecule has 39 heavy (non-hydrogen) atoms. The summed E-state index contributed by atoms with van der Waals surface area (Å²) in [7, 11) is 1.64. The normalized spacial score (nSPS) is 17.2. The van der Waals surface area contributed by atoms with Gasteiger partial charge in [0.2, 0.25) is 0 Å². The molecule has 0 aliphatic carbocycles. The van der Waals surface area contributed by atoms with Gasteiger partial charge in [-0.05, 0) is 93.7 Å². The number of benzene rings is 3. The van der Waals surface area contributed by atoms with Crippen LogP contribution in [0.2, 0.25) is 0 Å². The van der Waals surface area contributed by atoms with Gasteiger partial charge in [0.1, 0.15) is 22.9 Å². The number of aromatic amines is 2. The Morgan fingerprint density at radius 1 is 0.821 bits per heavy atom. The molecule has 0 amide bonds. The molecule has 0 atom stereocenters. The predicted octanol–water partition coefficient (Wildman–Crippen LogP) is 6.36. The molecule has 3 aliphatic rings. The molecular weight excluding hydrogens is 488 g/mol. The maximum atomic E-state index is 6.07. The lowest BCUT2D eigenvalue weighted by Crippen LogP contribution is -2.57. The van der Waals surface area contributed by atoms with E-state index in [1.165, 1.54) is 50.9 Å². The number of hydrogen-bond acceptors (Lipinski definition) is 6. The lowest BCUT2D eigenvalue weighted by molar-refractivity contribution is -0.00222. The van der Waals surface area contributed by atoms with Gasteiger partial charge in [0.15, 0.2) is 5.82 Å². The van der Waals surface area contributed by atoms with Gasteiger partial charge < -0.3 is 24.3 Å². The zero-order chi connectivity index (χ0) is 26.2. The van der Waals surface area contributed by atoms with Crippen LogP contribution in [0.4, 0.5) is 5.69 Å². The molecule has 0 spiro atoms. The first-order chi connectivity index (χ1) is 19.2. The number of piperidine rings is 2. The number of ether oxygens (including phenoxy) is 2. The summed E-state index contributed by atoms with van der Waals surface area (Å²) < 4.78 is 11.4. The first-order valence-electron chi connectivity index (χ1n) is 14.0. The highest BCUT2D eigenvalue weighted by Gasteiger charge is 2.34. The molecule has 8 nitrogen and oxygen atoms in total. The van der Waals surface area contributed by atoms with Gasteiger partial charge in [0.05, 0.1) is 23.7 Å². The largest absolute Gasteiger partial charge is 0.497 e. The highest BCUT2D eigenvalue weighted by atomic mass is 16.5. The standard InChI is InChI=1S/C26H25N5O2.C5H9N/c1-32-18-6-5-7-19(15-18)33-20-9-11-22-21(16-20)25(30-29-22)26-27-23-10-8-17(14-24(23)28-26)31-12-3-2-4-13-31;1-3-6-4-2-5(1)6/h5-11,14-16H,2-4,12-13H2,1H3,(H,27,28)(H,29,30);5H,1-4H2. The summed E-state index contributed by atoms with van der Waals surface area (Å²) in [5.74, 6) is 2.93. The molecule has 3 fully saturated rings. The second-order valence-corrected chi connectivity index (χ2v) is 10.7. The van der Waals surface area contributed by atoms with Gasteiger partial charge in [-0.1, -0.05) is 6.07 Å². The zero-order valence-corrected chi connectivity index (χ0v) is 22.3. The molecule has 5 heterocycles. The Balaban J connectivity index is 0.000000368. The molecule has 3 saturated heterocycles. The van der Waals surface area contributed by atoms with Crippen molar-refractivity contribution in [2.24, 2.45) is 0 Å². The number of hydrogen-bond donors (Lipinski definition) is 2. The van der Waals surface area contributed by atoms with E-state index in [4.69, 9.17) is 14.5 Å². The third-order valence-corrected chi connectivity index (χ3v) is 8.24. The Morgan fingerprint density at radius 3 is 2.36 bits per heavy atom. The number of imidazole rings is 1. The van der Waals surface area contributed by atoms with E-state index in [-0.39, 0.29) is 0 Å². The third kappa shape index (κ3) is 4.81. The van der Waals surface area contributed by atoms with Gasteiger partial charge in [-0.2, -0.15) is 5.10 Å². The Labute approximate surface area is 227 Å². The quantitative estimate of drug-likeness (QED) is 0.279. The van der Waals surface area contributed by atoms with Gasteiger partial charge >= 0.3 is 0 Å². The molecule has 3 aliphatic heterocycles. The summed E-state index contributed by atoms with van der Waals surface area (Å²) in [6.45, 7) is 5.02. The topological polar surface area (TPSA) is 82.3 Å². The van der Waals surface area contributed by atoms with Crippen molar-refractivity contribution < 1.29 is 9.47 Å². The average molecular weight is 523 g/mol. The molecule has 0 radical (unpaired) electrons. The number of anilines is 1. The van der Waals surface area contributed by atoms with Crippen LogP contribution < -0.4 is 14.4 Å². The molecule has 5 aromatic rings. The maximum Gasteiger partial charge on any atom is 0.159 e. The summed E-state index contributed by atoms with van der Waals surface area (Å²) in [5, 5.41) is 8.60. The van der Waals surface area contributed by atoms with Gasteiger partial charge in [-0.3, -0.25) is 5.10 Å². The van der Waals surface area contributed by atoms with Crippen molar-refractivity contribution in [3.8, 4) is 28.8 Å². The Kier molecular flexibility index (Phi) is 6.32. The van der Waals surface area contributed by atoms with Crippen LogP contribution >= 0.6 is 0 Å². The molecular formula is C31H34N6O2. The monoisotopic (exact) mass is 522 g/mol. The van der Waals surface area contributed by atoms with Crippen molar-refractivity contribution in [3.63, 3.8) is 0 Å². The minimum Gasteiger partial charge on any atom is -0.497 e. The highest BCUT2D eigenvalue weighted by molar-refractivity contribution is 5.94. The molecule has 200 valence electrons. The van der Waals surface area contributed by atoms with E-state index >= 15 is 0 Å². The predicted molar refractivity (Wildman–Crippen MR) is 155 cm³/mol. The van der Waals surface area contributed by atoms with E-state index < -0.39 is 0 Å². The molecule has 2 N–H and O–H groups in total. The SMILES string of the molecule is C1CN2CCC12.COc1cccc(Oc2ccc3[nH]nc(-c4nc5ccc(N6CCCCC6)cc5[nH]4)c3c2)c1. The lowest BCUT2D eigenvalue weighted by Gasteiger charge is -2.50. The summed E-state index contributed by atoms with van der Waals surface area (Å²) >= 11 is 0. The molecule has 2 aromatic heterocycles. The number of aromatic nitrogens is 4. The number of nitrogens with zero attached hydrogens (tertiary/aromatic N) is 4. The molecule has 8 heteroatoms. The van der Waals surface area contributed by atoms with Gasteiger partial charge in [0, 0.05) is 36.3 Å².